The SMILES string of the molecule is Cc1ccc(Cn2nc(C)c(C(=O)NCC(=O)Nc3c(C)cccc3C)c2Cl)cc1. The number of anilines is 1. The van der Waals surface area contributed by atoms with Gasteiger partial charge in [-0.2, -0.15) is 5.10 Å². The van der Waals surface area contributed by atoms with Crippen LogP contribution in [-0.4, -0.2) is 28.1 Å². The van der Waals surface area contributed by atoms with Gasteiger partial charge in [0.05, 0.1) is 24.3 Å². The molecule has 0 aliphatic heterocycles. The maximum Gasteiger partial charge on any atom is 0.256 e. The molecule has 30 heavy (non-hydrogen) atoms. The summed E-state index contributed by atoms with van der Waals surface area (Å²) in [5.41, 5.74) is 5.68. The minimum absolute atomic E-state index is 0.161. The van der Waals surface area contributed by atoms with Gasteiger partial charge in [0, 0.05) is 5.69 Å². The number of nitrogens with zero attached hydrogens (tertiary/aromatic N) is 2. The lowest BCUT2D eigenvalue weighted by Crippen LogP contribution is -2.33. The highest BCUT2D eigenvalue weighted by molar-refractivity contribution is 6.33. The van der Waals surface area contributed by atoms with Crippen LogP contribution in [0.2, 0.25) is 5.15 Å². The molecule has 3 rings (SSSR count). The molecule has 0 unspecified atom stereocenters. The molecule has 0 radical (unpaired) electrons. The molecule has 0 fully saturated rings. The summed E-state index contributed by atoms with van der Waals surface area (Å²) in [5.74, 6) is -0.731. The molecular formula is C23H25ClN4O2. The second-order valence-electron chi connectivity index (χ2n) is 7.39. The van der Waals surface area contributed by atoms with E-state index in [1.807, 2.05) is 63.2 Å². The average Bonchev–Trinajstić information content (AvgIpc) is 2.98. The van der Waals surface area contributed by atoms with Gasteiger partial charge in [0.1, 0.15) is 5.15 Å². The molecule has 2 N–H and O–H groups in total. The van der Waals surface area contributed by atoms with E-state index in [-0.39, 0.29) is 23.2 Å². The van der Waals surface area contributed by atoms with Gasteiger partial charge < -0.3 is 10.6 Å². The topological polar surface area (TPSA) is 76.0 Å². The van der Waals surface area contributed by atoms with Gasteiger partial charge in [-0.05, 0) is 44.4 Å². The summed E-state index contributed by atoms with van der Waals surface area (Å²) < 4.78 is 1.59. The average molecular weight is 425 g/mol. The van der Waals surface area contributed by atoms with E-state index in [9.17, 15) is 9.59 Å². The van der Waals surface area contributed by atoms with Crippen molar-refractivity contribution < 1.29 is 9.59 Å². The molecular weight excluding hydrogens is 400 g/mol. The van der Waals surface area contributed by atoms with E-state index < -0.39 is 5.91 Å². The lowest BCUT2D eigenvalue weighted by Gasteiger charge is -2.12. The number of hydrogen-bond donors (Lipinski definition) is 2. The molecule has 7 heteroatoms. The second kappa shape index (κ2) is 9.13. The van der Waals surface area contributed by atoms with Crippen LogP contribution in [0.3, 0.4) is 0 Å². The third-order valence-electron chi connectivity index (χ3n) is 4.90. The second-order valence-corrected chi connectivity index (χ2v) is 7.75. The Morgan fingerprint density at radius 3 is 2.27 bits per heavy atom. The van der Waals surface area contributed by atoms with Crippen LogP contribution in [0.1, 0.15) is 38.3 Å². The number of halogens is 1. The Bertz CT molecular complexity index is 1070. The summed E-state index contributed by atoms with van der Waals surface area (Å²) in [7, 11) is 0. The van der Waals surface area contributed by atoms with Gasteiger partial charge >= 0.3 is 0 Å². The van der Waals surface area contributed by atoms with Crippen LogP contribution in [-0.2, 0) is 11.3 Å². The van der Waals surface area contributed by atoms with Crippen molar-refractivity contribution in [3.8, 4) is 0 Å². The molecule has 2 aromatic carbocycles. The third kappa shape index (κ3) is 4.89. The number of hydrogen-bond acceptors (Lipinski definition) is 3. The summed E-state index contributed by atoms with van der Waals surface area (Å²) in [6, 6.07) is 13.8. The molecule has 6 nitrogen and oxygen atoms in total. The lowest BCUT2D eigenvalue weighted by atomic mass is 10.1. The molecule has 0 saturated heterocycles. The third-order valence-corrected chi connectivity index (χ3v) is 5.28. The monoisotopic (exact) mass is 424 g/mol. The number of benzene rings is 2. The number of aryl methyl sites for hydroxylation is 4. The smallest absolute Gasteiger partial charge is 0.256 e. The summed E-state index contributed by atoms with van der Waals surface area (Å²) in [4.78, 5) is 25.0. The minimum atomic E-state index is -0.427. The number of amides is 2. The van der Waals surface area contributed by atoms with Crippen LogP contribution in [0.25, 0.3) is 0 Å². The van der Waals surface area contributed by atoms with E-state index in [1.54, 1.807) is 11.6 Å². The highest BCUT2D eigenvalue weighted by Crippen LogP contribution is 2.21. The van der Waals surface area contributed by atoms with Crippen molar-refractivity contribution in [1.82, 2.24) is 15.1 Å². The molecule has 1 aromatic heterocycles. The van der Waals surface area contributed by atoms with Crippen molar-refractivity contribution in [3.63, 3.8) is 0 Å². The van der Waals surface area contributed by atoms with Crippen LogP contribution >= 0.6 is 11.6 Å². The molecule has 1 heterocycles. The summed E-state index contributed by atoms with van der Waals surface area (Å²) >= 11 is 6.43. The van der Waals surface area contributed by atoms with E-state index in [2.05, 4.69) is 15.7 Å². The Balaban J connectivity index is 1.66. The van der Waals surface area contributed by atoms with Crippen molar-refractivity contribution >= 4 is 29.1 Å². The zero-order chi connectivity index (χ0) is 21.8. The highest BCUT2D eigenvalue weighted by Gasteiger charge is 2.21. The number of carbonyl (C=O) groups excluding carboxylic acids is 2. The first kappa shape index (κ1) is 21.6. The van der Waals surface area contributed by atoms with Gasteiger partial charge in [-0.1, -0.05) is 59.6 Å². The van der Waals surface area contributed by atoms with E-state index in [0.29, 0.717) is 12.2 Å². The predicted octanol–water partition coefficient (Wildman–Crippen LogP) is 4.19. The van der Waals surface area contributed by atoms with Crippen LogP contribution in [0.4, 0.5) is 5.69 Å². The number of nitrogens with one attached hydrogen (secondary N) is 2. The zero-order valence-corrected chi connectivity index (χ0v) is 18.3. The Morgan fingerprint density at radius 1 is 1.00 bits per heavy atom. The van der Waals surface area contributed by atoms with Crippen molar-refractivity contribution in [1.29, 1.82) is 0 Å². The first-order chi connectivity index (χ1) is 14.3. The van der Waals surface area contributed by atoms with Crippen molar-refractivity contribution in [3.05, 3.63) is 81.1 Å². The fourth-order valence-electron chi connectivity index (χ4n) is 3.23. The number of rotatable bonds is 6. The molecule has 0 bridgehead atoms. The molecule has 0 atom stereocenters. The van der Waals surface area contributed by atoms with Crippen molar-refractivity contribution in [2.45, 2.75) is 34.2 Å². The summed E-state index contributed by atoms with van der Waals surface area (Å²) in [6.45, 7) is 7.89. The van der Waals surface area contributed by atoms with Gasteiger partial charge in [-0.3, -0.25) is 9.59 Å². The standard InChI is InChI=1S/C23H25ClN4O2/c1-14-8-10-18(11-9-14)13-28-22(24)20(17(4)27-28)23(30)25-12-19(29)26-21-15(2)6-5-7-16(21)3/h5-11H,12-13H2,1-4H3,(H,25,30)(H,26,29). The predicted molar refractivity (Wildman–Crippen MR) is 119 cm³/mol. The maximum atomic E-state index is 12.7. The number of carbonyl (C=O) groups is 2. The molecule has 0 saturated carbocycles. The van der Waals surface area contributed by atoms with E-state index in [0.717, 1.165) is 22.4 Å². The number of aromatic nitrogens is 2. The quantitative estimate of drug-likeness (QED) is 0.623. The molecule has 156 valence electrons. The molecule has 0 aliphatic rings. The van der Waals surface area contributed by atoms with Gasteiger partial charge in [-0.25, -0.2) is 4.68 Å². The van der Waals surface area contributed by atoms with E-state index in [4.69, 9.17) is 11.6 Å². The largest absolute Gasteiger partial charge is 0.343 e. The minimum Gasteiger partial charge on any atom is -0.343 e. The summed E-state index contributed by atoms with van der Waals surface area (Å²) in [6.07, 6.45) is 0. The maximum absolute atomic E-state index is 12.7. The Kier molecular flexibility index (Phi) is 6.57. The Morgan fingerprint density at radius 2 is 1.63 bits per heavy atom. The van der Waals surface area contributed by atoms with Gasteiger partial charge in [0.2, 0.25) is 5.91 Å². The molecule has 3 aromatic rings. The zero-order valence-electron chi connectivity index (χ0n) is 17.5. The Labute approximate surface area is 181 Å². The van der Waals surface area contributed by atoms with Crippen molar-refractivity contribution in [2.24, 2.45) is 0 Å². The van der Waals surface area contributed by atoms with Crippen LogP contribution in [0.15, 0.2) is 42.5 Å². The summed E-state index contributed by atoms with van der Waals surface area (Å²) in [5, 5.41) is 10.1. The van der Waals surface area contributed by atoms with Crippen LogP contribution in [0.5, 0.6) is 0 Å². The molecule has 0 aliphatic carbocycles. The van der Waals surface area contributed by atoms with Crippen LogP contribution in [0, 0.1) is 27.7 Å². The van der Waals surface area contributed by atoms with Gasteiger partial charge in [-0.15, -0.1) is 0 Å². The van der Waals surface area contributed by atoms with Gasteiger partial charge in [0.15, 0.2) is 0 Å². The van der Waals surface area contributed by atoms with Crippen molar-refractivity contribution in [2.75, 3.05) is 11.9 Å². The van der Waals surface area contributed by atoms with E-state index >= 15 is 0 Å². The Hall–Kier alpha value is -3.12. The van der Waals surface area contributed by atoms with Crippen LogP contribution < -0.4 is 10.6 Å². The molecule has 2 amide bonds. The van der Waals surface area contributed by atoms with Gasteiger partial charge in [0.25, 0.3) is 5.91 Å². The highest BCUT2D eigenvalue weighted by atomic mass is 35.5. The molecule has 0 spiro atoms. The fourth-order valence-corrected chi connectivity index (χ4v) is 3.55. The van der Waals surface area contributed by atoms with E-state index in [1.165, 1.54) is 5.56 Å². The fraction of sp³-hybridized carbons (Fsp3) is 0.261. The first-order valence-electron chi connectivity index (χ1n) is 9.69. The lowest BCUT2D eigenvalue weighted by molar-refractivity contribution is -0.115. The number of para-hydroxylation sites is 1. The normalized spacial score (nSPS) is 10.7. The first-order valence-corrected chi connectivity index (χ1v) is 10.1.